The van der Waals surface area contributed by atoms with Crippen LogP contribution in [-0.2, 0) is 0 Å². The van der Waals surface area contributed by atoms with Gasteiger partial charge >= 0.3 is 0 Å². The average molecular weight is 242 g/mol. The summed E-state index contributed by atoms with van der Waals surface area (Å²) in [6, 6.07) is 2.11. The summed E-state index contributed by atoms with van der Waals surface area (Å²) in [4.78, 5) is 3.86. The van der Waals surface area contributed by atoms with E-state index in [0.717, 1.165) is 17.7 Å². The van der Waals surface area contributed by atoms with Crippen molar-refractivity contribution in [3.8, 4) is 0 Å². The molecule has 0 aliphatic rings. The zero-order chi connectivity index (χ0) is 12.0. The lowest BCUT2D eigenvalue weighted by molar-refractivity contribution is 0.468. The highest BCUT2D eigenvalue weighted by Crippen LogP contribution is 2.13. The second-order valence-electron chi connectivity index (χ2n) is 4.01. The van der Waals surface area contributed by atoms with Gasteiger partial charge in [0.15, 0.2) is 0 Å². The Hall–Kier alpha value is -0.610. The van der Waals surface area contributed by atoms with Crippen molar-refractivity contribution in [2.45, 2.75) is 32.4 Å². The Morgan fingerprint density at radius 2 is 2.19 bits per heavy atom. The van der Waals surface area contributed by atoms with E-state index in [2.05, 4.69) is 23.5 Å². The summed E-state index contributed by atoms with van der Waals surface area (Å²) < 4.78 is 13.0. The van der Waals surface area contributed by atoms with Crippen LogP contribution >= 0.6 is 11.8 Å². The van der Waals surface area contributed by atoms with Gasteiger partial charge in [-0.1, -0.05) is 0 Å². The predicted octanol–water partition coefficient (Wildman–Crippen LogP) is 3.01. The fraction of sp³-hybridized carbons (Fsp3) is 0.583. The molecule has 1 aromatic heterocycles. The van der Waals surface area contributed by atoms with E-state index in [4.69, 9.17) is 0 Å². The van der Waals surface area contributed by atoms with Crippen LogP contribution in [0.2, 0.25) is 0 Å². The fourth-order valence-electron chi connectivity index (χ4n) is 1.57. The van der Waals surface area contributed by atoms with Gasteiger partial charge in [0.1, 0.15) is 5.82 Å². The molecule has 1 rings (SSSR count). The molecule has 0 aliphatic carbocycles. The maximum Gasteiger partial charge on any atom is 0.141 e. The first kappa shape index (κ1) is 13.5. The summed E-state index contributed by atoms with van der Waals surface area (Å²) in [5.74, 6) is 0.866. The smallest absolute Gasteiger partial charge is 0.141 e. The number of rotatable bonds is 6. The fourth-order valence-corrected chi connectivity index (χ4v) is 2.16. The van der Waals surface area contributed by atoms with E-state index in [1.54, 1.807) is 6.20 Å². The molecule has 2 unspecified atom stereocenters. The van der Waals surface area contributed by atoms with E-state index in [9.17, 15) is 4.39 Å². The third kappa shape index (κ3) is 4.49. The molecule has 1 aromatic rings. The van der Waals surface area contributed by atoms with Crippen LogP contribution < -0.4 is 5.32 Å². The third-order valence-electron chi connectivity index (χ3n) is 2.52. The molecule has 16 heavy (non-hydrogen) atoms. The van der Waals surface area contributed by atoms with Gasteiger partial charge in [-0.2, -0.15) is 11.8 Å². The average Bonchev–Trinajstić information content (AvgIpc) is 2.26. The largest absolute Gasteiger partial charge is 0.308 e. The first-order valence-corrected chi connectivity index (χ1v) is 6.88. The van der Waals surface area contributed by atoms with Crippen molar-refractivity contribution in [2.24, 2.45) is 0 Å². The number of nitrogens with one attached hydrogen (secondary N) is 1. The van der Waals surface area contributed by atoms with E-state index in [1.807, 2.05) is 18.7 Å². The van der Waals surface area contributed by atoms with Crippen molar-refractivity contribution in [3.63, 3.8) is 0 Å². The molecule has 0 amide bonds. The monoisotopic (exact) mass is 242 g/mol. The Labute approximate surface area is 101 Å². The van der Waals surface area contributed by atoms with Gasteiger partial charge in [-0.05, 0) is 43.9 Å². The highest BCUT2D eigenvalue weighted by molar-refractivity contribution is 7.98. The maximum absolute atomic E-state index is 13.0. The summed E-state index contributed by atoms with van der Waals surface area (Å²) in [7, 11) is 0. The lowest BCUT2D eigenvalue weighted by atomic mass is 10.1. The van der Waals surface area contributed by atoms with Crippen LogP contribution in [0.25, 0.3) is 0 Å². The molecule has 0 spiro atoms. The second kappa shape index (κ2) is 6.86. The van der Waals surface area contributed by atoms with Crippen LogP contribution in [0.5, 0.6) is 0 Å². The molecule has 90 valence electrons. The Kier molecular flexibility index (Phi) is 5.77. The first-order chi connectivity index (χ1) is 7.63. The minimum Gasteiger partial charge on any atom is -0.308 e. The molecule has 0 aromatic carbocycles. The van der Waals surface area contributed by atoms with Crippen LogP contribution in [0.15, 0.2) is 18.5 Å². The second-order valence-corrected chi connectivity index (χ2v) is 4.99. The minimum absolute atomic E-state index is 0.139. The molecule has 0 saturated heterocycles. The van der Waals surface area contributed by atoms with Crippen molar-refractivity contribution in [1.82, 2.24) is 10.3 Å². The van der Waals surface area contributed by atoms with Gasteiger partial charge < -0.3 is 5.32 Å². The quantitative estimate of drug-likeness (QED) is 0.830. The lowest BCUT2D eigenvalue weighted by Crippen LogP contribution is -2.29. The van der Waals surface area contributed by atoms with Gasteiger partial charge in [-0.3, -0.25) is 4.98 Å². The van der Waals surface area contributed by atoms with Crippen LogP contribution in [0.4, 0.5) is 4.39 Å². The molecule has 1 heterocycles. The SMILES string of the molecule is CSCCC(C)NC(C)c1cncc(F)c1. The van der Waals surface area contributed by atoms with Crippen LogP contribution in [0.1, 0.15) is 31.9 Å². The Morgan fingerprint density at radius 1 is 1.44 bits per heavy atom. The summed E-state index contributed by atoms with van der Waals surface area (Å²) in [6.45, 7) is 4.19. The number of aromatic nitrogens is 1. The summed E-state index contributed by atoms with van der Waals surface area (Å²) in [5, 5.41) is 3.44. The van der Waals surface area contributed by atoms with Gasteiger partial charge in [0.2, 0.25) is 0 Å². The highest BCUT2D eigenvalue weighted by atomic mass is 32.2. The molecule has 2 nitrogen and oxygen atoms in total. The van der Waals surface area contributed by atoms with Crippen molar-refractivity contribution in [3.05, 3.63) is 29.8 Å². The number of hydrogen-bond acceptors (Lipinski definition) is 3. The zero-order valence-corrected chi connectivity index (χ0v) is 10.9. The van der Waals surface area contributed by atoms with Crippen LogP contribution in [0, 0.1) is 5.82 Å². The molecular weight excluding hydrogens is 223 g/mol. The van der Waals surface area contributed by atoms with E-state index in [-0.39, 0.29) is 11.9 Å². The van der Waals surface area contributed by atoms with E-state index < -0.39 is 0 Å². The summed E-state index contributed by atoms with van der Waals surface area (Å²) in [6.07, 6.45) is 6.16. The molecule has 4 heteroatoms. The van der Waals surface area contributed by atoms with Crippen LogP contribution in [0.3, 0.4) is 0 Å². The summed E-state index contributed by atoms with van der Waals surface area (Å²) >= 11 is 1.84. The number of nitrogens with zero attached hydrogens (tertiary/aromatic N) is 1. The third-order valence-corrected chi connectivity index (χ3v) is 3.16. The van der Waals surface area contributed by atoms with Crippen molar-refractivity contribution in [2.75, 3.05) is 12.0 Å². The molecule has 0 bridgehead atoms. The lowest BCUT2D eigenvalue weighted by Gasteiger charge is -2.19. The van der Waals surface area contributed by atoms with Gasteiger partial charge in [0, 0.05) is 18.3 Å². The molecule has 0 aliphatic heterocycles. The first-order valence-electron chi connectivity index (χ1n) is 5.49. The van der Waals surface area contributed by atoms with Gasteiger partial charge in [0.05, 0.1) is 6.20 Å². The molecule has 0 saturated carbocycles. The van der Waals surface area contributed by atoms with Gasteiger partial charge in [-0.25, -0.2) is 4.39 Å². The van der Waals surface area contributed by atoms with Gasteiger partial charge in [-0.15, -0.1) is 0 Å². The van der Waals surface area contributed by atoms with E-state index in [0.29, 0.717) is 6.04 Å². The van der Waals surface area contributed by atoms with Crippen molar-refractivity contribution < 1.29 is 4.39 Å². The van der Waals surface area contributed by atoms with Crippen LogP contribution in [-0.4, -0.2) is 23.0 Å². The normalized spacial score (nSPS) is 14.8. The van der Waals surface area contributed by atoms with E-state index in [1.165, 1.54) is 12.3 Å². The molecule has 0 fully saturated rings. The molecule has 0 radical (unpaired) electrons. The number of pyridine rings is 1. The van der Waals surface area contributed by atoms with Gasteiger partial charge in [0.25, 0.3) is 0 Å². The predicted molar refractivity (Wildman–Crippen MR) is 68.2 cm³/mol. The summed E-state index contributed by atoms with van der Waals surface area (Å²) in [5.41, 5.74) is 0.899. The van der Waals surface area contributed by atoms with E-state index >= 15 is 0 Å². The highest BCUT2D eigenvalue weighted by Gasteiger charge is 2.09. The topological polar surface area (TPSA) is 24.9 Å². The minimum atomic E-state index is -0.275. The number of halogens is 1. The number of hydrogen-bond donors (Lipinski definition) is 1. The molecule has 1 N–H and O–H groups in total. The maximum atomic E-state index is 13.0. The Bertz CT molecular complexity index is 320. The zero-order valence-electron chi connectivity index (χ0n) is 10.0. The standard InChI is InChI=1S/C12H19FN2S/c1-9(4-5-16-3)15-10(2)11-6-12(13)8-14-7-11/h6-10,15H,4-5H2,1-3H3. The molecular formula is C12H19FN2S. The van der Waals surface area contributed by atoms with Crippen molar-refractivity contribution in [1.29, 1.82) is 0 Å². The number of thioether (sulfide) groups is 1. The van der Waals surface area contributed by atoms with Crippen molar-refractivity contribution >= 4 is 11.8 Å². The molecule has 2 atom stereocenters. The Balaban J connectivity index is 2.48. The Morgan fingerprint density at radius 3 is 2.81 bits per heavy atom.